The molecule has 0 spiro atoms. The highest BCUT2D eigenvalue weighted by Gasteiger charge is 2.18. The fraction of sp³-hybridized carbons (Fsp3) is 0.176. The lowest BCUT2D eigenvalue weighted by molar-refractivity contribution is -0.123. The highest BCUT2D eigenvalue weighted by molar-refractivity contribution is 5.95. The minimum Gasteiger partial charge on any atom is -0.465 e. The number of hydrogen-bond donors (Lipinski definition) is 2. The Labute approximate surface area is 132 Å². The SMILES string of the molecule is COC(=O)c1ccc(NC(=O)[C@H](O)Cc2ccccc2)c(F)c1. The van der Waals surface area contributed by atoms with Crippen LogP contribution in [0.3, 0.4) is 0 Å². The van der Waals surface area contributed by atoms with E-state index < -0.39 is 23.8 Å². The van der Waals surface area contributed by atoms with Crippen molar-refractivity contribution in [1.82, 2.24) is 0 Å². The Morgan fingerprint density at radius 3 is 2.52 bits per heavy atom. The van der Waals surface area contributed by atoms with Crippen LogP contribution in [0.5, 0.6) is 0 Å². The summed E-state index contributed by atoms with van der Waals surface area (Å²) >= 11 is 0. The number of nitrogens with one attached hydrogen (secondary N) is 1. The molecular weight excluding hydrogens is 301 g/mol. The van der Waals surface area contributed by atoms with E-state index in [9.17, 15) is 19.1 Å². The van der Waals surface area contributed by atoms with Crippen LogP contribution in [-0.2, 0) is 16.0 Å². The molecule has 0 unspecified atom stereocenters. The van der Waals surface area contributed by atoms with Crippen molar-refractivity contribution in [3.63, 3.8) is 0 Å². The number of anilines is 1. The quantitative estimate of drug-likeness (QED) is 0.829. The van der Waals surface area contributed by atoms with Gasteiger partial charge in [0.15, 0.2) is 0 Å². The molecule has 23 heavy (non-hydrogen) atoms. The van der Waals surface area contributed by atoms with Crippen LogP contribution < -0.4 is 5.32 Å². The first-order valence-corrected chi connectivity index (χ1v) is 6.92. The van der Waals surface area contributed by atoms with Gasteiger partial charge in [0.2, 0.25) is 0 Å². The molecule has 0 aliphatic rings. The third kappa shape index (κ3) is 4.37. The van der Waals surface area contributed by atoms with E-state index in [0.717, 1.165) is 11.6 Å². The summed E-state index contributed by atoms with van der Waals surface area (Å²) in [7, 11) is 1.19. The van der Waals surface area contributed by atoms with Gasteiger partial charge < -0.3 is 15.2 Å². The number of esters is 1. The molecule has 0 aliphatic heterocycles. The average molecular weight is 317 g/mol. The number of carbonyl (C=O) groups excluding carboxylic acids is 2. The minimum absolute atomic E-state index is 0.0350. The van der Waals surface area contributed by atoms with Crippen molar-refractivity contribution in [2.75, 3.05) is 12.4 Å². The number of ether oxygens (including phenoxy) is 1. The number of aliphatic hydroxyl groups excluding tert-OH is 1. The summed E-state index contributed by atoms with van der Waals surface area (Å²) < 4.78 is 18.4. The van der Waals surface area contributed by atoms with Gasteiger partial charge in [-0.3, -0.25) is 4.79 Å². The molecule has 0 bridgehead atoms. The second kappa shape index (κ2) is 7.51. The van der Waals surface area contributed by atoms with E-state index in [1.165, 1.54) is 19.2 Å². The van der Waals surface area contributed by atoms with Crippen molar-refractivity contribution in [2.45, 2.75) is 12.5 Å². The minimum atomic E-state index is -1.31. The van der Waals surface area contributed by atoms with Crippen LogP contribution in [-0.4, -0.2) is 30.2 Å². The van der Waals surface area contributed by atoms with Gasteiger partial charge in [0.25, 0.3) is 5.91 Å². The van der Waals surface area contributed by atoms with Crippen molar-refractivity contribution in [3.8, 4) is 0 Å². The predicted molar refractivity (Wildman–Crippen MR) is 82.5 cm³/mol. The standard InChI is InChI=1S/C17H16FNO4/c1-23-17(22)12-7-8-14(13(18)10-12)19-16(21)15(20)9-11-5-3-2-4-6-11/h2-8,10,15,20H,9H2,1H3,(H,19,21)/t15-/m1/s1. The smallest absolute Gasteiger partial charge is 0.337 e. The average Bonchev–Trinajstić information content (AvgIpc) is 2.56. The van der Waals surface area contributed by atoms with E-state index in [1.807, 2.05) is 6.07 Å². The lowest BCUT2D eigenvalue weighted by Gasteiger charge is -2.12. The van der Waals surface area contributed by atoms with E-state index in [1.54, 1.807) is 24.3 Å². The van der Waals surface area contributed by atoms with Crippen LogP contribution in [0, 0.1) is 5.82 Å². The Balaban J connectivity index is 2.03. The molecule has 6 heteroatoms. The van der Waals surface area contributed by atoms with Gasteiger partial charge in [0, 0.05) is 6.42 Å². The van der Waals surface area contributed by atoms with Crippen LogP contribution in [0.1, 0.15) is 15.9 Å². The molecular formula is C17H16FNO4. The summed E-state index contributed by atoms with van der Waals surface area (Å²) in [6.45, 7) is 0. The second-order valence-corrected chi connectivity index (χ2v) is 4.88. The zero-order valence-corrected chi connectivity index (χ0v) is 12.5. The van der Waals surface area contributed by atoms with Gasteiger partial charge in [-0.2, -0.15) is 0 Å². The highest BCUT2D eigenvalue weighted by Crippen LogP contribution is 2.17. The zero-order chi connectivity index (χ0) is 16.8. The molecule has 0 saturated heterocycles. The van der Waals surface area contributed by atoms with Gasteiger partial charge in [-0.1, -0.05) is 30.3 Å². The topological polar surface area (TPSA) is 75.6 Å². The van der Waals surface area contributed by atoms with E-state index in [0.29, 0.717) is 0 Å². The van der Waals surface area contributed by atoms with E-state index in [2.05, 4.69) is 10.1 Å². The second-order valence-electron chi connectivity index (χ2n) is 4.88. The molecule has 5 nitrogen and oxygen atoms in total. The molecule has 2 aromatic carbocycles. The van der Waals surface area contributed by atoms with Crippen molar-refractivity contribution < 1.29 is 23.8 Å². The van der Waals surface area contributed by atoms with Crippen molar-refractivity contribution >= 4 is 17.6 Å². The maximum Gasteiger partial charge on any atom is 0.337 e. The number of methoxy groups -OCH3 is 1. The third-order valence-corrected chi connectivity index (χ3v) is 3.22. The van der Waals surface area contributed by atoms with Crippen molar-refractivity contribution in [1.29, 1.82) is 0 Å². The van der Waals surface area contributed by atoms with Crippen LogP contribution in [0.2, 0.25) is 0 Å². The first kappa shape index (κ1) is 16.6. The predicted octanol–water partition coefficient (Wildman–Crippen LogP) is 2.15. The Hall–Kier alpha value is -2.73. The Morgan fingerprint density at radius 1 is 1.22 bits per heavy atom. The number of amides is 1. The van der Waals surface area contributed by atoms with Gasteiger partial charge in [-0.25, -0.2) is 9.18 Å². The number of benzene rings is 2. The molecule has 2 aromatic rings. The van der Waals surface area contributed by atoms with Gasteiger partial charge in [0.1, 0.15) is 11.9 Å². The molecule has 2 N–H and O–H groups in total. The van der Waals surface area contributed by atoms with Crippen molar-refractivity contribution in [2.24, 2.45) is 0 Å². The van der Waals surface area contributed by atoms with Crippen LogP contribution >= 0.6 is 0 Å². The van der Waals surface area contributed by atoms with Crippen molar-refractivity contribution in [3.05, 3.63) is 65.5 Å². The largest absolute Gasteiger partial charge is 0.465 e. The summed E-state index contributed by atoms with van der Waals surface area (Å²) in [5.41, 5.74) is 0.708. The Kier molecular flexibility index (Phi) is 5.43. The Bertz CT molecular complexity index is 703. The monoisotopic (exact) mass is 317 g/mol. The summed E-state index contributed by atoms with van der Waals surface area (Å²) in [5, 5.41) is 12.2. The molecule has 2 rings (SSSR count). The number of carbonyl (C=O) groups is 2. The van der Waals surface area contributed by atoms with Gasteiger partial charge in [0.05, 0.1) is 18.4 Å². The molecule has 0 fully saturated rings. The zero-order valence-electron chi connectivity index (χ0n) is 12.5. The molecule has 0 heterocycles. The normalized spacial score (nSPS) is 11.6. The molecule has 1 amide bonds. The van der Waals surface area contributed by atoms with Crippen LogP contribution in [0.25, 0.3) is 0 Å². The lowest BCUT2D eigenvalue weighted by atomic mass is 10.1. The first-order valence-electron chi connectivity index (χ1n) is 6.92. The summed E-state index contributed by atoms with van der Waals surface area (Å²) in [6, 6.07) is 12.5. The summed E-state index contributed by atoms with van der Waals surface area (Å²) in [6.07, 6.45) is -1.19. The lowest BCUT2D eigenvalue weighted by Crippen LogP contribution is -2.29. The molecule has 0 aromatic heterocycles. The molecule has 1 atom stereocenters. The van der Waals surface area contributed by atoms with Gasteiger partial charge in [-0.05, 0) is 23.8 Å². The molecule has 0 aliphatic carbocycles. The molecule has 0 saturated carbocycles. The maximum absolute atomic E-state index is 13.9. The number of halogens is 1. The van der Waals surface area contributed by atoms with E-state index in [4.69, 9.17) is 0 Å². The Morgan fingerprint density at radius 2 is 1.91 bits per heavy atom. The molecule has 120 valence electrons. The van der Waals surface area contributed by atoms with Gasteiger partial charge in [-0.15, -0.1) is 0 Å². The summed E-state index contributed by atoms with van der Waals surface area (Å²) in [4.78, 5) is 23.2. The number of hydrogen-bond acceptors (Lipinski definition) is 4. The maximum atomic E-state index is 13.9. The highest BCUT2D eigenvalue weighted by atomic mass is 19.1. The van der Waals surface area contributed by atoms with Crippen LogP contribution in [0.4, 0.5) is 10.1 Å². The van der Waals surface area contributed by atoms with E-state index in [-0.39, 0.29) is 17.7 Å². The van der Waals surface area contributed by atoms with Crippen LogP contribution in [0.15, 0.2) is 48.5 Å². The number of aliphatic hydroxyl groups is 1. The first-order chi connectivity index (χ1) is 11.0. The number of rotatable bonds is 5. The van der Waals surface area contributed by atoms with Gasteiger partial charge >= 0.3 is 5.97 Å². The molecule has 0 radical (unpaired) electrons. The fourth-order valence-electron chi connectivity index (χ4n) is 2.01. The third-order valence-electron chi connectivity index (χ3n) is 3.22. The van der Waals surface area contributed by atoms with E-state index >= 15 is 0 Å². The fourth-order valence-corrected chi connectivity index (χ4v) is 2.01. The summed E-state index contributed by atoms with van der Waals surface area (Å²) in [5.74, 6) is -2.18.